The summed E-state index contributed by atoms with van der Waals surface area (Å²) >= 11 is 0. The van der Waals surface area contributed by atoms with Gasteiger partial charge in [-0.3, -0.25) is 14.9 Å². The number of ether oxygens (including phenoxy) is 2. The molecule has 0 aliphatic heterocycles. The summed E-state index contributed by atoms with van der Waals surface area (Å²) in [5, 5.41) is 13.6. The summed E-state index contributed by atoms with van der Waals surface area (Å²) in [4.78, 5) is 45.9. The summed E-state index contributed by atoms with van der Waals surface area (Å²) in [5.74, 6) is -2.23. The molecule has 1 rings (SSSR count). The fourth-order valence-electron chi connectivity index (χ4n) is 1.84. The Kier molecular flexibility index (Phi) is 7.51. The number of nitro groups is 1. The molecule has 1 atom stereocenters. The lowest BCUT2D eigenvalue weighted by molar-refractivity contribution is -0.384. The molecule has 0 saturated carbocycles. The number of esters is 2. The maximum absolute atomic E-state index is 12.2. The Bertz CT molecular complexity index is 672. The van der Waals surface area contributed by atoms with Crippen molar-refractivity contribution in [1.82, 2.24) is 5.32 Å². The monoisotopic (exact) mass is 352 g/mol. The minimum atomic E-state index is -1.08. The quantitative estimate of drug-likeness (QED) is 0.430. The Hall–Kier alpha value is -2.97. The molecule has 1 amide bonds. The van der Waals surface area contributed by atoms with E-state index in [1.165, 1.54) is 6.92 Å². The molecule has 25 heavy (non-hydrogen) atoms. The predicted molar refractivity (Wildman–Crippen MR) is 87.2 cm³/mol. The van der Waals surface area contributed by atoms with E-state index in [-0.39, 0.29) is 17.7 Å². The highest BCUT2D eigenvalue weighted by Crippen LogP contribution is 2.19. The van der Waals surface area contributed by atoms with Crippen LogP contribution in [0.4, 0.5) is 5.69 Å². The molecule has 0 aliphatic rings. The average Bonchev–Trinajstić information content (AvgIpc) is 2.59. The first-order valence-electron chi connectivity index (χ1n) is 7.75. The molecule has 136 valence electrons. The maximum atomic E-state index is 12.2. The maximum Gasteiger partial charge on any atom is 0.339 e. The number of amides is 1. The number of hydrogen-bond acceptors (Lipinski definition) is 7. The minimum Gasteiger partial charge on any atom is -0.462 e. The van der Waals surface area contributed by atoms with E-state index in [1.54, 1.807) is 6.92 Å². The molecule has 0 aliphatic carbocycles. The Morgan fingerprint density at radius 3 is 2.28 bits per heavy atom. The van der Waals surface area contributed by atoms with E-state index in [2.05, 4.69) is 5.32 Å². The lowest BCUT2D eigenvalue weighted by Crippen LogP contribution is -2.36. The van der Waals surface area contributed by atoms with Gasteiger partial charge in [-0.25, -0.2) is 9.59 Å². The van der Waals surface area contributed by atoms with Crippen LogP contribution in [0.1, 0.15) is 47.9 Å². The third-order valence-corrected chi connectivity index (χ3v) is 3.08. The highest BCUT2D eigenvalue weighted by atomic mass is 16.6. The number of carbonyl (C=O) groups excluding carboxylic acids is 3. The molecule has 0 spiro atoms. The largest absolute Gasteiger partial charge is 0.462 e. The third-order valence-electron chi connectivity index (χ3n) is 3.08. The van der Waals surface area contributed by atoms with Crippen molar-refractivity contribution >= 4 is 23.5 Å². The second-order valence-corrected chi connectivity index (χ2v) is 5.08. The summed E-state index contributed by atoms with van der Waals surface area (Å²) in [7, 11) is 0. The molecule has 1 unspecified atom stereocenters. The lowest BCUT2D eigenvalue weighted by atomic mass is 10.1. The van der Waals surface area contributed by atoms with Crippen LogP contribution < -0.4 is 5.32 Å². The zero-order valence-electron chi connectivity index (χ0n) is 14.2. The highest BCUT2D eigenvalue weighted by Gasteiger charge is 2.23. The van der Waals surface area contributed by atoms with Gasteiger partial charge in [0, 0.05) is 18.7 Å². The van der Waals surface area contributed by atoms with Crippen molar-refractivity contribution < 1.29 is 28.8 Å². The first kappa shape index (κ1) is 20.1. The molecule has 0 fully saturated rings. The number of benzene rings is 1. The molecule has 0 heterocycles. The van der Waals surface area contributed by atoms with Crippen molar-refractivity contribution in [3.8, 4) is 0 Å². The van der Waals surface area contributed by atoms with Crippen LogP contribution in [0.5, 0.6) is 0 Å². The standard InChI is InChI=1S/C16H20N2O7/c1-4-6-17-14(19)10(3)25-16(21)12-7-11(15(20)24-5-2)8-13(9-12)18(22)23/h7-10H,4-6H2,1-3H3,(H,17,19). The van der Waals surface area contributed by atoms with Crippen LogP contribution in [0, 0.1) is 10.1 Å². The number of hydrogen-bond donors (Lipinski definition) is 1. The number of rotatable bonds is 8. The zero-order valence-corrected chi connectivity index (χ0v) is 14.2. The van der Waals surface area contributed by atoms with E-state index >= 15 is 0 Å². The van der Waals surface area contributed by atoms with Gasteiger partial charge in [-0.2, -0.15) is 0 Å². The van der Waals surface area contributed by atoms with Crippen molar-refractivity contribution in [1.29, 1.82) is 0 Å². The van der Waals surface area contributed by atoms with Crippen LogP contribution >= 0.6 is 0 Å². The minimum absolute atomic E-state index is 0.0793. The average molecular weight is 352 g/mol. The van der Waals surface area contributed by atoms with Gasteiger partial charge in [0.25, 0.3) is 11.6 Å². The summed E-state index contributed by atoms with van der Waals surface area (Å²) in [6.45, 7) is 5.35. The van der Waals surface area contributed by atoms with Crippen molar-refractivity contribution in [3.63, 3.8) is 0 Å². The number of nitrogens with zero attached hydrogens (tertiary/aromatic N) is 1. The Morgan fingerprint density at radius 2 is 1.76 bits per heavy atom. The summed E-state index contributed by atoms with van der Waals surface area (Å²) in [6, 6.07) is 3.11. The van der Waals surface area contributed by atoms with Gasteiger partial charge < -0.3 is 14.8 Å². The molecule has 1 N–H and O–H groups in total. The Labute approximate surface area is 144 Å². The Balaban J connectivity index is 3.02. The van der Waals surface area contributed by atoms with Crippen molar-refractivity contribution in [2.24, 2.45) is 0 Å². The van der Waals surface area contributed by atoms with Gasteiger partial charge in [-0.1, -0.05) is 6.92 Å². The van der Waals surface area contributed by atoms with Crippen LogP contribution in [0.25, 0.3) is 0 Å². The Morgan fingerprint density at radius 1 is 1.16 bits per heavy atom. The first-order valence-corrected chi connectivity index (χ1v) is 7.75. The number of non-ortho nitro benzene ring substituents is 1. The van der Waals surface area contributed by atoms with Crippen LogP contribution in [-0.4, -0.2) is 42.0 Å². The van der Waals surface area contributed by atoms with Gasteiger partial charge in [-0.15, -0.1) is 0 Å². The number of carbonyl (C=O) groups is 3. The second kappa shape index (κ2) is 9.36. The predicted octanol–water partition coefficient (Wildman–Crippen LogP) is 1.84. The summed E-state index contributed by atoms with van der Waals surface area (Å²) < 4.78 is 9.78. The molecule has 0 saturated heterocycles. The van der Waals surface area contributed by atoms with Crippen LogP contribution in [0.2, 0.25) is 0 Å². The van der Waals surface area contributed by atoms with Gasteiger partial charge in [-0.05, 0) is 26.3 Å². The zero-order chi connectivity index (χ0) is 19.0. The topological polar surface area (TPSA) is 125 Å². The van der Waals surface area contributed by atoms with Gasteiger partial charge >= 0.3 is 11.9 Å². The van der Waals surface area contributed by atoms with Crippen molar-refractivity contribution in [3.05, 3.63) is 39.4 Å². The van der Waals surface area contributed by atoms with E-state index in [1.807, 2.05) is 6.92 Å². The third kappa shape index (κ3) is 5.87. The molecule has 0 bridgehead atoms. The molecule has 0 radical (unpaired) electrons. The molecule has 0 aromatic heterocycles. The second-order valence-electron chi connectivity index (χ2n) is 5.08. The highest BCUT2D eigenvalue weighted by molar-refractivity contribution is 5.97. The SMILES string of the molecule is CCCNC(=O)C(C)OC(=O)c1cc(C(=O)OCC)cc([N+](=O)[O-])c1. The van der Waals surface area contributed by atoms with Crippen molar-refractivity contribution in [2.45, 2.75) is 33.3 Å². The molecule has 9 heteroatoms. The normalized spacial score (nSPS) is 11.3. The van der Waals surface area contributed by atoms with Crippen LogP contribution in [0.3, 0.4) is 0 Å². The molecular formula is C16H20N2O7. The van der Waals surface area contributed by atoms with E-state index in [0.29, 0.717) is 6.54 Å². The summed E-state index contributed by atoms with van der Waals surface area (Å²) in [5.41, 5.74) is -0.820. The smallest absolute Gasteiger partial charge is 0.339 e. The molecule has 1 aromatic carbocycles. The van der Waals surface area contributed by atoms with Crippen molar-refractivity contribution in [2.75, 3.05) is 13.2 Å². The van der Waals surface area contributed by atoms with Crippen LogP contribution in [0.15, 0.2) is 18.2 Å². The fourth-order valence-corrected chi connectivity index (χ4v) is 1.84. The molecule has 9 nitrogen and oxygen atoms in total. The fraction of sp³-hybridized carbons (Fsp3) is 0.438. The first-order chi connectivity index (χ1) is 11.8. The molecule has 1 aromatic rings. The van der Waals surface area contributed by atoms with Gasteiger partial charge in [0.1, 0.15) is 0 Å². The molecular weight excluding hydrogens is 332 g/mol. The van der Waals surface area contributed by atoms with E-state index in [4.69, 9.17) is 9.47 Å². The summed E-state index contributed by atoms with van der Waals surface area (Å²) in [6.07, 6.45) is -0.357. The number of nitro benzene ring substituents is 1. The van der Waals surface area contributed by atoms with E-state index in [9.17, 15) is 24.5 Å². The van der Waals surface area contributed by atoms with Crippen LogP contribution in [-0.2, 0) is 14.3 Å². The van der Waals surface area contributed by atoms with Gasteiger partial charge in [0.2, 0.25) is 0 Å². The number of nitrogens with one attached hydrogen (secondary N) is 1. The van der Waals surface area contributed by atoms with E-state index < -0.39 is 34.6 Å². The van der Waals surface area contributed by atoms with Gasteiger partial charge in [0.05, 0.1) is 22.7 Å². The van der Waals surface area contributed by atoms with Gasteiger partial charge in [0.15, 0.2) is 6.10 Å². The van der Waals surface area contributed by atoms with E-state index in [0.717, 1.165) is 24.6 Å². The lowest BCUT2D eigenvalue weighted by Gasteiger charge is -2.13.